The smallest absolute Gasteiger partial charge is 0.139 e. The molecule has 3 nitrogen and oxygen atoms in total. The number of nitrogens with zero attached hydrogens (tertiary/aromatic N) is 1. The van der Waals surface area contributed by atoms with Crippen molar-refractivity contribution in [1.29, 1.82) is 0 Å². The highest BCUT2D eigenvalue weighted by atomic mass is 35.5. The van der Waals surface area contributed by atoms with E-state index in [9.17, 15) is 5.11 Å². The summed E-state index contributed by atoms with van der Waals surface area (Å²) in [4.78, 5) is 4.31. The molecule has 0 saturated heterocycles. The summed E-state index contributed by atoms with van der Waals surface area (Å²) < 4.78 is 0. The fourth-order valence-corrected chi connectivity index (χ4v) is 2.74. The SMILES string of the molecule is Oc1c(Cl)cc(Cl)cc1CNc1cccc2ncccc12. The van der Waals surface area contributed by atoms with Crippen LogP contribution in [-0.4, -0.2) is 10.1 Å². The second-order valence-corrected chi connectivity index (χ2v) is 5.47. The molecule has 1 aromatic heterocycles. The number of phenols is 1. The number of benzene rings is 2. The van der Waals surface area contributed by atoms with Gasteiger partial charge in [0.15, 0.2) is 0 Å². The molecule has 106 valence electrons. The van der Waals surface area contributed by atoms with Crippen LogP contribution in [0.1, 0.15) is 5.56 Å². The molecule has 5 heteroatoms. The van der Waals surface area contributed by atoms with E-state index in [2.05, 4.69) is 10.3 Å². The number of rotatable bonds is 3. The fraction of sp³-hybridized carbons (Fsp3) is 0.0625. The zero-order valence-corrected chi connectivity index (χ0v) is 12.5. The van der Waals surface area contributed by atoms with Crippen molar-refractivity contribution in [2.75, 3.05) is 5.32 Å². The fourth-order valence-electron chi connectivity index (χ4n) is 2.20. The minimum absolute atomic E-state index is 0.0481. The highest BCUT2D eigenvalue weighted by Gasteiger charge is 2.08. The predicted octanol–water partition coefficient (Wildman–Crippen LogP) is 4.86. The van der Waals surface area contributed by atoms with Gasteiger partial charge in [0.25, 0.3) is 0 Å². The first-order valence-electron chi connectivity index (χ1n) is 6.39. The van der Waals surface area contributed by atoms with Gasteiger partial charge in [0, 0.05) is 34.4 Å². The lowest BCUT2D eigenvalue weighted by molar-refractivity contribution is 0.469. The van der Waals surface area contributed by atoms with Crippen molar-refractivity contribution < 1.29 is 5.11 Å². The minimum atomic E-state index is 0.0481. The summed E-state index contributed by atoms with van der Waals surface area (Å²) in [5.74, 6) is 0.0481. The Morgan fingerprint density at radius 2 is 1.95 bits per heavy atom. The third-order valence-corrected chi connectivity index (χ3v) is 3.73. The molecule has 0 spiro atoms. The Balaban J connectivity index is 1.91. The van der Waals surface area contributed by atoms with Gasteiger partial charge in [-0.1, -0.05) is 29.3 Å². The Morgan fingerprint density at radius 1 is 1.10 bits per heavy atom. The van der Waals surface area contributed by atoms with E-state index in [0.29, 0.717) is 17.1 Å². The van der Waals surface area contributed by atoms with Gasteiger partial charge in [0.2, 0.25) is 0 Å². The van der Waals surface area contributed by atoms with E-state index in [4.69, 9.17) is 23.2 Å². The molecule has 0 radical (unpaired) electrons. The molecular weight excluding hydrogens is 307 g/mol. The molecule has 0 aliphatic heterocycles. The van der Waals surface area contributed by atoms with Crippen molar-refractivity contribution >= 4 is 39.8 Å². The molecule has 0 fully saturated rings. The molecule has 0 unspecified atom stereocenters. The van der Waals surface area contributed by atoms with Crippen LogP contribution < -0.4 is 5.32 Å². The molecule has 0 atom stereocenters. The summed E-state index contributed by atoms with van der Waals surface area (Å²) >= 11 is 11.9. The number of halogens is 2. The lowest BCUT2D eigenvalue weighted by atomic mass is 10.1. The highest BCUT2D eigenvalue weighted by molar-refractivity contribution is 6.35. The Bertz CT molecular complexity index is 800. The summed E-state index contributed by atoms with van der Waals surface area (Å²) in [5, 5.41) is 15.0. The Morgan fingerprint density at radius 3 is 2.81 bits per heavy atom. The number of pyridine rings is 1. The average molecular weight is 319 g/mol. The van der Waals surface area contributed by atoms with Gasteiger partial charge >= 0.3 is 0 Å². The molecule has 2 aromatic carbocycles. The predicted molar refractivity (Wildman–Crippen MR) is 87.2 cm³/mol. The van der Waals surface area contributed by atoms with Gasteiger partial charge < -0.3 is 10.4 Å². The largest absolute Gasteiger partial charge is 0.506 e. The van der Waals surface area contributed by atoms with E-state index in [1.165, 1.54) is 6.07 Å². The molecule has 21 heavy (non-hydrogen) atoms. The second kappa shape index (κ2) is 5.80. The number of fused-ring (bicyclic) bond motifs is 1. The average Bonchev–Trinajstić information content (AvgIpc) is 2.49. The summed E-state index contributed by atoms with van der Waals surface area (Å²) in [7, 11) is 0. The van der Waals surface area contributed by atoms with E-state index >= 15 is 0 Å². The van der Waals surface area contributed by atoms with Gasteiger partial charge in [-0.2, -0.15) is 0 Å². The number of phenolic OH excluding ortho intramolecular Hbond substituents is 1. The number of hydrogen-bond donors (Lipinski definition) is 2. The van der Waals surface area contributed by atoms with Crippen molar-refractivity contribution in [2.45, 2.75) is 6.54 Å². The van der Waals surface area contributed by atoms with Crippen molar-refractivity contribution in [1.82, 2.24) is 4.98 Å². The van der Waals surface area contributed by atoms with Crippen LogP contribution in [0.3, 0.4) is 0 Å². The summed E-state index contributed by atoms with van der Waals surface area (Å²) in [6, 6.07) is 12.9. The number of aromatic hydroxyl groups is 1. The van der Waals surface area contributed by atoms with Crippen LogP contribution >= 0.6 is 23.2 Å². The van der Waals surface area contributed by atoms with Crippen molar-refractivity contribution in [3.63, 3.8) is 0 Å². The number of aromatic nitrogens is 1. The topological polar surface area (TPSA) is 45.1 Å². The third kappa shape index (κ3) is 2.89. The van der Waals surface area contributed by atoms with Crippen molar-refractivity contribution in [2.24, 2.45) is 0 Å². The van der Waals surface area contributed by atoms with Crippen LogP contribution in [-0.2, 0) is 6.54 Å². The number of nitrogens with one attached hydrogen (secondary N) is 1. The maximum Gasteiger partial charge on any atom is 0.139 e. The zero-order valence-electron chi connectivity index (χ0n) is 11.0. The summed E-state index contributed by atoms with van der Waals surface area (Å²) in [6.45, 7) is 0.417. The van der Waals surface area contributed by atoms with Gasteiger partial charge in [-0.3, -0.25) is 4.98 Å². The van der Waals surface area contributed by atoms with E-state index in [-0.39, 0.29) is 10.8 Å². The van der Waals surface area contributed by atoms with E-state index in [0.717, 1.165) is 16.6 Å². The molecule has 2 N–H and O–H groups in total. The van der Waals surface area contributed by atoms with Crippen LogP contribution in [0.5, 0.6) is 5.75 Å². The van der Waals surface area contributed by atoms with E-state index in [1.54, 1.807) is 12.3 Å². The molecule has 1 heterocycles. The molecule has 0 saturated carbocycles. The first-order chi connectivity index (χ1) is 10.1. The first kappa shape index (κ1) is 14.0. The van der Waals surface area contributed by atoms with Crippen LogP contribution in [0, 0.1) is 0 Å². The molecule has 0 amide bonds. The lowest BCUT2D eigenvalue weighted by Crippen LogP contribution is -2.01. The Labute approximate surface area is 132 Å². The van der Waals surface area contributed by atoms with Crippen LogP contribution in [0.2, 0.25) is 10.0 Å². The number of anilines is 1. The minimum Gasteiger partial charge on any atom is -0.506 e. The van der Waals surface area contributed by atoms with Crippen molar-refractivity contribution in [3.8, 4) is 5.75 Å². The molecular formula is C16H12Cl2N2O. The van der Waals surface area contributed by atoms with Gasteiger partial charge in [-0.25, -0.2) is 0 Å². The summed E-state index contributed by atoms with van der Waals surface area (Å²) in [5.41, 5.74) is 2.50. The first-order valence-corrected chi connectivity index (χ1v) is 7.15. The standard InChI is InChI=1S/C16H12Cl2N2O/c17-11-7-10(16(21)13(18)8-11)9-20-15-5-1-4-14-12(15)3-2-6-19-14/h1-8,20-21H,9H2. The number of hydrogen-bond acceptors (Lipinski definition) is 3. The lowest BCUT2D eigenvalue weighted by Gasteiger charge is -2.11. The Hall–Kier alpha value is -1.97. The van der Waals surface area contributed by atoms with Crippen LogP contribution in [0.15, 0.2) is 48.7 Å². The maximum atomic E-state index is 9.97. The highest BCUT2D eigenvalue weighted by Crippen LogP contribution is 2.32. The van der Waals surface area contributed by atoms with E-state index < -0.39 is 0 Å². The molecule has 0 bridgehead atoms. The van der Waals surface area contributed by atoms with Crippen molar-refractivity contribution in [3.05, 3.63) is 64.3 Å². The van der Waals surface area contributed by atoms with E-state index in [1.807, 2.05) is 30.3 Å². The Kier molecular flexibility index (Phi) is 3.86. The molecule has 3 rings (SSSR count). The quantitative estimate of drug-likeness (QED) is 0.725. The van der Waals surface area contributed by atoms with Gasteiger partial charge in [0.1, 0.15) is 5.75 Å². The molecule has 3 aromatic rings. The van der Waals surface area contributed by atoms with Gasteiger partial charge in [-0.15, -0.1) is 0 Å². The zero-order chi connectivity index (χ0) is 14.8. The molecule has 0 aliphatic carbocycles. The van der Waals surface area contributed by atoms with Gasteiger partial charge in [0.05, 0.1) is 10.5 Å². The second-order valence-electron chi connectivity index (χ2n) is 4.62. The monoisotopic (exact) mass is 318 g/mol. The normalized spacial score (nSPS) is 10.8. The molecule has 0 aliphatic rings. The van der Waals surface area contributed by atoms with Gasteiger partial charge in [-0.05, 0) is 36.4 Å². The van der Waals surface area contributed by atoms with Crippen LogP contribution in [0.4, 0.5) is 5.69 Å². The maximum absolute atomic E-state index is 9.97. The third-order valence-electron chi connectivity index (χ3n) is 3.22. The van der Waals surface area contributed by atoms with Crippen LogP contribution in [0.25, 0.3) is 10.9 Å². The summed E-state index contributed by atoms with van der Waals surface area (Å²) in [6.07, 6.45) is 1.76.